The number of hydrogen-bond acceptors (Lipinski definition) is 4. The molecule has 0 N–H and O–H groups in total. The molecule has 104 valence electrons. The minimum Gasteiger partial charge on any atom is -0.311 e. The van der Waals surface area contributed by atoms with Crippen molar-refractivity contribution in [2.75, 3.05) is 0 Å². The average Bonchev–Trinajstić information content (AvgIpc) is 3.06. The lowest BCUT2D eigenvalue weighted by atomic mass is 10.2. The van der Waals surface area contributed by atoms with E-state index in [1.165, 1.54) is 0 Å². The van der Waals surface area contributed by atoms with Gasteiger partial charge in [0.05, 0.1) is 10.4 Å². The zero-order valence-corrected chi connectivity index (χ0v) is 12.9. The minimum absolute atomic E-state index is 0.146. The Morgan fingerprint density at radius 1 is 1.30 bits per heavy atom. The van der Waals surface area contributed by atoms with E-state index in [0.717, 1.165) is 28.5 Å². The third-order valence-corrected chi connectivity index (χ3v) is 4.42. The smallest absolute Gasteiger partial charge is 0.160 e. The van der Waals surface area contributed by atoms with E-state index in [1.807, 2.05) is 30.6 Å². The molecule has 6 heteroatoms. The Morgan fingerprint density at radius 2 is 2.15 bits per heavy atom. The van der Waals surface area contributed by atoms with Crippen LogP contribution in [0, 0.1) is 0 Å². The summed E-state index contributed by atoms with van der Waals surface area (Å²) in [5.74, 6) is 1.17. The SMILES string of the molecule is CC(Cl)c1nc2cccnc2n1CC(C)c1nccs1. The maximum atomic E-state index is 6.26. The van der Waals surface area contributed by atoms with Crippen molar-refractivity contribution in [1.82, 2.24) is 19.5 Å². The Hall–Kier alpha value is -1.46. The molecule has 0 radical (unpaired) electrons. The first kappa shape index (κ1) is 13.5. The zero-order valence-electron chi connectivity index (χ0n) is 11.3. The Morgan fingerprint density at radius 3 is 2.85 bits per heavy atom. The number of fused-ring (bicyclic) bond motifs is 1. The Balaban J connectivity index is 2.03. The molecule has 0 spiro atoms. The maximum absolute atomic E-state index is 6.26. The third-order valence-electron chi connectivity index (χ3n) is 3.22. The van der Waals surface area contributed by atoms with Gasteiger partial charge >= 0.3 is 0 Å². The van der Waals surface area contributed by atoms with Gasteiger partial charge in [0.1, 0.15) is 11.3 Å². The van der Waals surface area contributed by atoms with Crippen molar-refractivity contribution in [2.24, 2.45) is 0 Å². The molecule has 3 aromatic rings. The third kappa shape index (κ3) is 2.43. The zero-order chi connectivity index (χ0) is 14.1. The molecule has 2 atom stereocenters. The first-order valence-electron chi connectivity index (χ1n) is 6.51. The van der Waals surface area contributed by atoms with Crippen LogP contribution >= 0.6 is 22.9 Å². The van der Waals surface area contributed by atoms with Crippen molar-refractivity contribution in [1.29, 1.82) is 0 Å². The molecule has 0 saturated carbocycles. The fourth-order valence-corrected chi connectivity index (χ4v) is 3.15. The lowest BCUT2D eigenvalue weighted by Gasteiger charge is -2.14. The van der Waals surface area contributed by atoms with E-state index in [4.69, 9.17) is 11.6 Å². The number of alkyl halides is 1. The Kier molecular flexibility index (Phi) is 3.72. The van der Waals surface area contributed by atoms with Gasteiger partial charge in [-0.3, -0.25) is 0 Å². The molecule has 0 aliphatic rings. The van der Waals surface area contributed by atoms with E-state index in [0.29, 0.717) is 5.92 Å². The molecule has 3 rings (SSSR count). The van der Waals surface area contributed by atoms with Gasteiger partial charge in [0.15, 0.2) is 5.65 Å². The van der Waals surface area contributed by atoms with Gasteiger partial charge in [-0.05, 0) is 19.1 Å². The van der Waals surface area contributed by atoms with Gasteiger partial charge in [0, 0.05) is 30.2 Å². The summed E-state index contributed by atoms with van der Waals surface area (Å²) in [6, 6.07) is 3.86. The van der Waals surface area contributed by atoms with Crippen LogP contribution in [0.3, 0.4) is 0 Å². The lowest BCUT2D eigenvalue weighted by molar-refractivity contribution is 0.580. The summed E-state index contributed by atoms with van der Waals surface area (Å²) >= 11 is 7.94. The molecule has 0 saturated heterocycles. The van der Waals surface area contributed by atoms with Crippen molar-refractivity contribution in [2.45, 2.75) is 31.7 Å². The highest BCUT2D eigenvalue weighted by Crippen LogP contribution is 2.27. The average molecular weight is 307 g/mol. The number of pyridine rings is 1. The predicted octanol–water partition coefficient (Wildman–Crippen LogP) is 3.99. The highest BCUT2D eigenvalue weighted by Gasteiger charge is 2.18. The number of halogens is 1. The molecule has 4 nitrogen and oxygen atoms in total. The maximum Gasteiger partial charge on any atom is 0.160 e. The summed E-state index contributed by atoms with van der Waals surface area (Å²) in [5.41, 5.74) is 1.78. The quantitative estimate of drug-likeness (QED) is 0.684. The van der Waals surface area contributed by atoms with Gasteiger partial charge in [0.2, 0.25) is 0 Å². The van der Waals surface area contributed by atoms with E-state index in [1.54, 1.807) is 17.5 Å². The second kappa shape index (κ2) is 5.50. The van der Waals surface area contributed by atoms with Crippen LogP contribution in [0.25, 0.3) is 11.2 Å². The van der Waals surface area contributed by atoms with E-state index >= 15 is 0 Å². The van der Waals surface area contributed by atoms with Crippen LogP contribution in [-0.2, 0) is 6.54 Å². The van der Waals surface area contributed by atoms with E-state index in [-0.39, 0.29) is 5.38 Å². The van der Waals surface area contributed by atoms with Gasteiger partial charge in [-0.2, -0.15) is 0 Å². The largest absolute Gasteiger partial charge is 0.311 e. The highest BCUT2D eigenvalue weighted by atomic mass is 35.5. The molecule has 0 aliphatic heterocycles. The molecular weight excluding hydrogens is 292 g/mol. The van der Waals surface area contributed by atoms with Gasteiger partial charge in [0.25, 0.3) is 0 Å². The topological polar surface area (TPSA) is 43.6 Å². The van der Waals surface area contributed by atoms with E-state index in [2.05, 4.69) is 26.4 Å². The predicted molar refractivity (Wildman–Crippen MR) is 82.3 cm³/mol. The summed E-state index contributed by atoms with van der Waals surface area (Å²) in [5, 5.41) is 2.98. The standard InChI is InChI=1S/C14H15ClN4S/c1-9(14-17-6-7-20-14)8-19-12(10(2)15)18-11-4-3-5-16-13(11)19/h3-7,9-10H,8H2,1-2H3. The highest BCUT2D eigenvalue weighted by molar-refractivity contribution is 7.09. The number of rotatable bonds is 4. The molecule has 0 bridgehead atoms. The van der Waals surface area contributed by atoms with E-state index < -0.39 is 0 Å². The van der Waals surface area contributed by atoms with Crippen LogP contribution in [0.5, 0.6) is 0 Å². The molecule has 0 amide bonds. The molecule has 0 fully saturated rings. The van der Waals surface area contributed by atoms with Gasteiger partial charge in [-0.1, -0.05) is 6.92 Å². The number of thiazole rings is 1. The van der Waals surface area contributed by atoms with E-state index in [9.17, 15) is 0 Å². The van der Waals surface area contributed by atoms with Crippen molar-refractivity contribution < 1.29 is 0 Å². The van der Waals surface area contributed by atoms with Crippen LogP contribution in [-0.4, -0.2) is 19.5 Å². The molecule has 3 heterocycles. The van der Waals surface area contributed by atoms with Crippen LogP contribution in [0.2, 0.25) is 0 Å². The number of aromatic nitrogens is 4. The Labute approximate surface area is 126 Å². The second-order valence-corrected chi connectivity index (χ2v) is 6.39. The van der Waals surface area contributed by atoms with Crippen LogP contribution in [0.1, 0.15) is 36.0 Å². The van der Waals surface area contributed by atoms with Gasteiger partial charge in [-0.25, -0.2) is 15.0 Å². The van der Waals surface area contributed by atoms with Crippen molar-refractivity contribution >= 4 is 34.1 Å². The minimum atomic E-state index is -0.146. The van der Waals surface area contributed by atoms with Crippen LogP contribution in [0.4, 0.5) is 0 Å². The fraction of sp³-hybridized carbons (Fsp3) is 0.357. The lowest BCUT2D eigenvalue weighted by Crippen LogP contribution is -2.10. The van der Waals surface area contributed by atoms with Crippen molar-refractivity contribution in [3.8, 4) is 0 Å². The van der Waals surface area contributed by atoms with Crippen LogP contribution in [0.15, 0.2) is 29.9 Å². The normalized spacial score (nSPS) is 14.6. The first-order chi connectivity index (χ1) is 9.66. The summed E-state index contributed by atoms with van der Waals surface area (Å²) in [7, 11) is 0. The molecule has 3 aromatic heterocycles. The van der Waals surface area contributed by atoms with Crippen LogP contribution < -0.4 is 0 Å². The second-order valence-electron chi connectivity index (χ2n) is 4.81. The fourth-order valence-electron chi connectivity index (χ4n) is 2.29. The summed E-state index contributed by atoms with van der Waals surface area (Å²) < 4.78 is 2.11. The van der Waals surface area contributed by atoms with Gasteiger partial charge < -0.3 is 4.57 Å². The molecule has 20 heavy (non-hydrogen) atoms. The number of nitrogens with zero attached hydrogens (tertiary/aromatic N) is 4. The Bertz CT molecular complexity index is 705. The molecular formula is C14H15ClN4S. The molecule has 2 unspecified atom stereocenters. The number of hydrogen-bond donors (Lipinski definition) is 0. The summed E-state index contributed by atoms with van der Waals surface area (Å²) in [6.07, 6.45) is 3.63. The molecule has 0 aliphatic carbocycles. The number of imidazole rings is 1. The summed E-state index contributed by atoms with van der Waals surface area (Å²) in [6.45, 7) is 4.89. The molecule has 0 aromatic carbocycles. The first-order valence-corrected chi connectivity index (χ1v) is 7.83. The van der Waals surface area contributed by atoms with Crippen molar-refractivity contribution in [3.05, 3.63) is 40.7 Å². The monoisotopic (exact) mass is 306 g/mol. The van der Waals surface area contributed by atoms with Gasteiger partial charge in [-0.15, -0.1) is 22.9 Å². The van der Waals surface area contributed by atoms with Crippen molar-refractivity contribution in [3.63, 3.8) is 0 Å². The summed E-state index contributed by atoms with van der Waals surface area (Å²) in [4.78, 5) is 13.4.